The zero-order valence-electron chi connectivity index (χ0n) is 17.7. The van der Waals surface area contributed by atoms with E-state index in [1.807, 2.05) is 19.9 Å². The van der Waals surface area contributed by atoms with E-state index >= 15 is 0 Å². The molecule has 2 aromatic carbocycles. The Labute approximate surface area is 183 Å². The van der Waals surface area contributed by atoms with Crippen LogP contribution in [0.25, 0.3) is 10.9 Å². The lowest BCUT2D eigenvalue weighted by atomic mass is 10.1. The van der Waals surface area contributed by atoms with Crippen LogP contribution in [0.4, 0.5) is 10.5 Å². The van der Waals surface area contributed by atoms with Crippen molar-refractivity contribution in [3.8, 4) is 0 Å². The van der Waals surface area contributed by atoms with Crippen molar-refractivity contribution in [2.75, 3.05) is 11.9 Å². The summed E-state index contributed by atoms with van der Waals surface area (Å²) in [5.41, 5.74) is 3.07. The molecule has 1 aliphatic heterocycles. The van der Waals surface area contributed by atoms with Crippen molar-refractivity contribution >= 4 is 34.5 Å². The van der Waals surface area contributed by atoms with E-state index in [1.165, 1.54) is 18.2 Å². The third-order valence-electron chi connectivity index (χ3n) is 5.40. The van der Waals surface area contributed by atoms with Gasteiger partial charge in [-0.2, -0.15) is 0 Å². The Bertz CT molecular complexity index is 1310. The summed E-state index contributed by atoms with van der Waals surface area (Å²) < 4.78 is 6.65. The molecule has 0 unspecified atom stereocenters. The van der Waals surface area contributed by atoms with Gasteiger partial charge in [0.25, 0.3) is 11.5 Å². The van der Waals surface area contributed by atoms with Gasteiger partial charge in [0.2, 0.25) is 0 Å². The number of ether oxygens (including phenoxy) is 1. The van der Waals surface area contributed by atoms with Crippen molar-refractivity contribution in [2.24, 2.45) is 0 Å². The number of fused-ring (bicyclic) bond motifs is 2. The molecule has 0 saturated heterocycles. The molecule has 9 nitrogen and oxygen atoms in total. The van der Waals surface area contributed by atoms with Crippen LogP contribution in [-0.2, 0) is 22.5 Å². The number of aryl methyl sites for hydroxylation is 3. The van der Waals surface area contributed by atoms with E-state index in [0.717, 1.165) is 17.5 Å². The minimum absolute atomic E-state index is 0.128. The third-order valence-corrected chi connectivity index (χ3v) is 5.40. The Kier molecular flexibility index (Phi) is 5.72. The largest absolute Gasteiger partial charge is 0.452 e. The molecule has 1 aromatic heterocycles. The zero-order chi connectivity index (χ0) is 22.8. The van der Waals surface area contributed by atoms with Crippen molar-refractivity contribution in [1.29, 1.82) is 0 Å². The number of carbonyl (C=O) groups is 3. The van der Waals surface area contributed by atoms with Gasteiger partial charge in [0.15, 0.2) is 6.61 Å². The van der Waals surface area contributed by atoms with Gasteiger partial charge in [-0.25, -0.2) is 14.6 Å². The number of nitrogens with one attached hydrogen (secondary N) is 2. The van der Waals surface area contributed by atoms with Gasteiger partial charge in [-0.05, 0) is 61.7 Å². The topological polar surface area (TPSA) is 119 Å². The Morgan fingerprint density at radius 3 is 2.69 bits per heavy atom. The average molecular weight is 434 g/mol. The first-order chi connectivity index (χ1) is 15.3. The number of anilines is 1. The highest BCUT2D eigenvalue weighted by Gasteiger charge is 2.18. The smallest absolute Gasteiger partial charge is 0.338 e. The van der Waals surface area contributed by atoms with Crippen molar-refractivity contribution in [2.45, 2.75) is 33.2 Å². The average Bonchev–Trinajstić information content (AvgIpc) is 3.23. The van der Waals surface area contributed by atoms with Crippen LogP contribution >= 0.6 is 0 Å². The van der Waals surface area contributed by atoms with Gasteiger partial charge < -0.3 is 10.1 Å². The molecule has 164 valence electrons. The molecule has 0 radical (unpaired) electrons. The van der Waals surface area contributed by atoms with Gasteiger partial charge in [-0.3, -0.25) is 19.5 Å². The lowest BCUT2D eigenvalue weighted by Crippen LogP contribution is -2.37. The molecule has 4 rings (SSSR count). The van der Waals surface area contributed by atoms with Crippen LogP contribution < -0.4 is 16.2 Å². The van der Waals surface area contributed by atoms with Crippen LogP contribution in [0, 0.1) is 13.8 Å². The number of nitrogens with zero attached hydrogens (tertiary/aromatic N) is 2. The Morgan fingerprint density at radius 1 is 1.09 bits per heavy atom. The fourth-order valence-corrected chi connectivity index (χ4v) is 3.57. The normalized spacial score (nSPS) is 12.3. The maximum absolute atomic E-state index is 12.5. The van der Waals surface area contributed by atoms with Crippen molar-refractivity contribution in [1.82, 2.24) is 14.9 Å². The molecule has 1 aliphatic rings. The molecule has 2 N–H and O–H groups in total. The number of imide groups is 1. The molecule has 2 heterocycles. The lowest BCUT2D eigenvalue weighted by molar-refractivity contribution is -0.123. The zero-order valence-corrected chi connectivity index (χ0v) is 17.7. The molecule has 0 saturated carbocycles. The fraction of sp³-hybridized carbons (Fsp3) is 0.261. The summed E-state index contributed by atoms with van der Waals surface area (Å²) in [7, 11) is 0. The van der Waals surface area contributed by atoms with E-state index in [4.69, 9.17) is 4.74 Å². The third kappa shape index (κ3) is 4.36. The minimum atomic E-state index is -0.769. The monoisotopic (exact) mass is 434 g/mol. The van der Waals surface area contributed by atoms with Gasteiger partial charge in [0.05, 0.1) is 16.5 Å². The minimum Gasteiger partial charge on any atom is -0.452 e. The Morgan fingerprint density at radius 2 is 1.91 bits per heavy atom. The second-order valence-corrected chi connectivity index (χ2v) is 7.70. The van der Waals surface area contributed by atoms with E-state index in [9.17, 15) is 19.2 Å². The number of rotatable bonds is 4. The van der Waals surface area contributed by atoms with Crippen LogP contribution in [0.1, 0.15) is 33.7 Å². The highest BCUT2D eigenvalue weighted by molar-refractivity contribution is 6.02. The number of aromatic nitrogens is 2. The summed E-state index contributed by atoms with van der Waals surface area (Å²) in [4.78, 5) is 53.3. The molecular formula is C23H22N4O5. The summed E-state index contributed by atoms with van der Waals surface area (Å²) >= 11 is 0. The molecule has 0 aliphatic carbocycles. The number of esters is 1. The van der Waals surface area contributed by atoms with Gasteiger partial charge >= 0.3 is 12.0 Å². The van der Waals surface area contributed by atoms with Gasteiger partial charge in [-0.15, -0.1) is 0 Å². The van der Waals surface area contributed by atoms with Crippen molar-refractivity contribution in [3.63, 3.8) is 0 Å². The van der Waals surface area contributed by atoms with Gasteiger partial charge in [0, 0.05) is 18.7 Å². The predicted octanol–water partition coefficient (Wildman–Crippen LogP) is 2.46. The number of hydrogen-bond donors (Lipinski definition) is 2. The highest BCUT2D eigenvalue weighted by atomic mass is 16.5. The molecule has 3 amide bonds. The van der Waals surface area contributed by atoms with E-state index in [-0.39, 0.29) is 11.1 Å². The molecule has 0 fully saturated rings. The second-order valence-electron chi connectivity index (χ2n) is 7.70. The number of urea groups is 1. The molecule has 32 heavy (non-hydrogen) atoms. The number of amides is 3. The summed E-state index contributed by atoms with van der Waals surface area (Å²) in [6.45, 7) is 3.88. The van der Waals surface area contributed by atoms with E-state index in [0.29, 0.717) is 35.4 Å². The Balaban J connectivity index is 1.35. The molecule has 3 aromatic rings. The number of benzene rings is 2. The van der Waals surface area contributed by atoms with E-state index < -0.39 is 24.5 Å². The highest BCUT2D eigenvalue weighted by Crippen LogP contribution is 2.17. The summed E-state index contributed by atoms with van der Waals surface area (Å²) in [6, 6.07) is 9.11. The fourth-order valence-electron chi connectivity index (χ4n) is 3.57. The standard InChI is InChI=1S/C23H22N4O5/c1-13-5-7-16(10-14(13)2)24-23(31)26-20(28)12-32-22(30)15-6-8-17-18(11-15)25-19-4-3-9-27(19)21(17)29/h5-8,10-11H,3-4,9,12H2,1-2H3,(H2,24,26,28,31). The number of hydrogen-bond acceptors (Lipinski definition) is 6. The van der Waals surface area contributed by atoms with Crippen LogP contribution in [-0.4, -0.2) is 34.1 Å². The molecule has 0 spiro atoms. The second kappa shape index (κ2) is 8.62. The SMILES string of the molecule is Cc1ccc(NC(=O)NC(=O)COC(=O)c2ccc3c(=O)n4c(nc3c2)CCC4)cc1C. The first-order valence-corrected chi connectivity index (χ1v) is 10.2. The van der Waals surface area contributed by atoms with Crippen LogP contribution in [0.15, 0.2) is 41.2 Å². The summed E-state index contributed by atoms with van der Waals surface area (Å²) in [5, 5.41) is 5.09. The van der Waals surface area contributed by atoms with E-state index in [2.05, 4.69) is 15.6 Å². The molecular weight excluding hydrogens is 412 g/mol. The predicted molar refractivity (Wildman–Crippen MR) is 118 cm³/mol. The summed E-state index contributed by atoms with van der Waals surface area (Å²) in [6.07, 6.45) is 1.57. The van der Waals surface area contributed by atoms with Crippen LogP contribution in [0.2, 0.25) is 0 Å². The number of carbonyl (C=O) groups excluding carboxylic acids is 3. The van der Waals surface area contributed by atoms with Crippen molar-refractivity contribution in [3.05, 3.63) is 69.3 Å². The molecule has 0 atom stereocenters. The van der Waals surface area contributed by atoms with Crippen LogP contribution in [0.5, 0.6) is 0 Å². The lowest BCUT2D eigenvalue weighted by Gasteiger charge is -2.09. The molecule has 9 heteroatoms. The summed E-state index contributed by atoms with van der Waals surface area (Å²) in [5.74, 6) is -0.823. The van der Waals surface area contributed by atoms with E-state index in [1.54, 1.807) is 16.7 Å². The Hall–Kier alpha value is -4.01. The quantitative estimate of drug-likeness (QED) is 0.609. The maximum atomic E-state index is 12.5. The molecule has 0 bridgehead atoms. The van der Waals surface area contributed by atoms with Crippen LogP contribution in [0.3, 0.4) is 0 Å². The van der Waals surface area contributed by atoms with Crippen molar-refractivity contribution < 1.29 is 19.1 Å². The first-order valence-electron chi connectivity index (χ1n) is 10.2. The van der Waals surface area contributed by atoms with Gasteiger partial charge in [0.1, 0.15) is 5.82 Å². The maximum Gasteiger partial charge on any atom is 0.338 e. The van der Waals surface area contributed by atoms with Gasteiger partial charge in [-0.1, -0.05) is 6.07 Å². The first kappa shape index (κ1) is 21.2.